The third-order valence-corrected chi connectivity index (χ3v) is 4.25. The normalized spacial score (nSPS) is 16.9. The summed E-state index contributed by atoms with van der Waals surface area (Å²) in [7, 11) is 0. The van der Waals surface area contributed by atoms with E-state index in [-0.39, 0.29) is 0 Å². The van der Waals surface area contributed by atoms with Crippen molar-refractivity contribution in [2.45, 2.75) is 77.0 Å². The largest absolute Gasteiger partial charge is 0.0654 e. The Labute approximate surface area is 113 Å². The number of rotatable bonds is 6. The van der Waals surface area contributed by atoms with Crippen molar-refractivity contribution in [3.63, 3.8) is 0 Å². The molecule has 1 saturated carbocycles. The third kappa shape index (κ3) is 4.15. The molecule has 0 amide bonds. The van der Waals surface area contributed by atoms with Gasteiger partial charge in [0.05, 0.1) is 0 Å². The summed E-state index contributed by atoms with van der Waals surface area (Å²) in [5, 5.41) is 0. The molecule has 0 spiro atoms. The average molecular weight is 243 g/mol. The van der Waals surface area contributed by atoms with Crippen LogP contribution in [0.3, 0.4) is 0 Å². The van der Waals surface area contributed by atoms with Crippen molar-refractivity contribution < 1.29 is 0 Å². The molecule has 0 atom stereocenters. The quantitative estimate of drug-likeness (QED) is 0.566. The molecule has 1 aromatic rings. The molecule has 0 heteroatoms. The van der Waals surface area contributed by atoms with Gasteiger partial charge in [-0.05, 0) is 48.8 Å². The van der Waals surface area contributed by atoms with E-state index >= 15 is 0 Å². The highest BCUT2D eigenvalue weighted by molar-refractivity contribution is 5.25. The van der Waals surface area contributed by atoms with Gasteiger partial charge < -0.3 is 0 Å². The lowest BCUT2D eigenvalue weighted by Crippen LogP contribution is -2.05. The summed E-state index contributed by atoms with van der Waals surface area (Å²) >= 11 is 0. The number of hydrogen-bond acceptors (Lipinski definition) is 0. The minimum absolute atomic E-state index is 0.800. The predicted octanol–water partition coefficient (Wildman–Crippen LogP) is 5.66. The minimum atomic E-state index is 0.800. The second-order valence-electron chi connectivity index (χ2n) is 5.80. The second kappa shape index (κ2) is 7.61. The van der Waals surface area contributed by atoms with Gasteiger partial charge in [-0.3, -0.25) is 0 Å². The molecule has 1 fully saturated rings. The zero-order chi connectivity index (χ0) is 12.6. The highest BCUT2D eigenvalue weighted by Gasteiger charge is 2.15. The van der Waals surface area contributed by atoms with Gasteiger partial charge in [0.15, 0.2) is 0 Å². The summed E-state index contributed by atoms with van der Waals surface area (Å²) in [6.07, 6.45) is 13.7. The standard InChI is InChI=1S/C18H27/c1-2-3-4-6-10-16-11-9-14-18(15-16)17-12-7-5-8-13-17/h9,11,15,17H,2-8,10,12-13H2,1H3. The topological polar surface area (TPSA) is 0 Å². The van der Waals surface area contributed by atoms with Crippen LogP contribution in [0.5, 0.6) is 0 Å². The van der Waals surface area contributed by atoms with Crippen LogP contribution in [0.2, 0.25) is 0 Å². The van der Waals surface area contributed by atoms with E-state index in [0.29, 0.717) is 0 Å². The molecule has 1 aromatic carbocycles. The van der Waals surface area contributed by atoms with Crippen LogP contribution >= 0.6 is 0 Å². The molecule has 2 rings (SSSR count). The van der Waals surface area contributed by atoms with Gasteiger partial charge in [0, 0.05) is 0 Å². The molecule has 0 heterocycles. The molecule has 1 radical (unpaired) electrons. The van der Waals surface area contributed by atoms with Crippen molar-refractivity contribution in [2.75, 3.05) is 0 Å². The summed E-state index contributed by atoms with van der Waals surface area (Å²) < 4.78 is 0. The monoisotopic (exact) mass is 243 g/mol. The van der Waals surface area contributed by atoms with Crippen LogP contribution in [-0.4, -0.2) is 0 Å². The molecule has 0 aliphatic heterocycles. The first-order valence-electron chi connectivity index (χ1n) is 7.90. The Kier molecular flexibility index (Phi) is 5.77. The van der Waals surface area contributed by atoms with Crippen LogP contribution in [0.15, 0.2) is 18.2 Å². The highest BCUT2D eigenvalue weighted by atomic mass is 14.2. The Morgan fingerprint density at radius 3 is 2.72 bits per heavy atom. The number of benzene rings is 1. The van der Waals surface area contributed by atoms with Gasteiger partial charge in [-0.2, -0.15) is 0 Å². The Bertz CT molecular complexity index is 334. The Balaban J connectivity index is 1.88. The third-order valence-electron chi connectivity index (χ3n) is 4.25. The lowest BCUT2D eigenvalue weighted by molar-refractivity contribution is 0.443. The first-order valence-corrected chi connectivity index (χ1v) is 7.90. The molecular weight excluding hydrogens is 216 g/mol. The van der Waals surface area contributed by atoms with E-state index in [0.717, 1.165) is 5.92 Å². The summed E-state index contributed by atoms with van der Waals surface area (Å²) in [6, 6.07) is 10.3. The molecule has 18 heavy (non-hydrogen) atoms. The first-order chi connectivity index (χ1) is 8.90. The van der Waals surface area contributed by atoms with E-state index in [2.05, 4.69) is 31.2 Å². The van der Waals surface area contributed by atoms with Crippen LogP contribution < -0.4 is 0 Å². The zero-order valence-corrected chi connectivity index (χ0v) is 11.9. The van der Waals surface area contributed by atoms with E-state index in [1.165, 1.54) is 75.3 Å². The van der Waals surface area contributed by atoms with Crippen LogP contribution in [0.1, 0.15) is 81.8 Å². The van der Waals surface area contributed by atoms with Crippen LogP contribution in [0, 0.1) is 6.07 Å². The van der Waals surface area contributed by atoms with Crippen molar-refractivity contribution in [1.29, 1.82) is 0 Å². The maximum Gasteiger partial charge on any atom is -0.0146 e. The van der Waals surface area contributed by atoms with Crippen molar-refractivity contribution >= 4 is 0 Å². The zero-order valence-electron chi connectivity index (χ0n) is 11.9. The summed E-state index contributed by atoms with van der Waals surface area (Å²) in [5.41, 5.74) is 3.02. The Morgan fingerprint density at radius 1 is 1.11 bits per heavy atom. The van der Waals surface area contributed by atoms with E-state index in [4.69, 9.17) is 0 Å². The molecule has 1 aliphatic rings. The van der Waals surface area contributed by atoms with Crippen LogP contribution in [0.25, 0.3) is 0 Å². The van der Waals surface area contributed by atoms with Crippen LogP contribution in [0.4, 0.5) is 0 Å². The number of aryl methyl sites for hydroxylation is 1. The van der Waals surface area contributed by atoms with Gasteiger partial charge in [0.25, 0.3) is 0 Å². The van der Waals surface area contributed by atoms with Crippen molar-refractivity contribution in [3.05, 3.63) is 35.4 Å². The first kappa shape index (κ1) is 13.6. The van der Waals surface area contributed by atoms with Gasteiger partial charge >= 0.3 is 0 Å². The number of hydrogen-bond donors (Lipinski definition) is 0. The molecule has 1 aliphatic carbocycles. The Morgan fingerprint density at radius 2 is 1.94 bits per heavy atom. The summed E-state index contributed by atoms with van der Waals surface area (Å²) in [6.45, 7) is 2.28. The highest BCUT2D eigenvalue weighted by Crippen LogP contribution is 2.32. The van der Waals surface area contributed by atoms with E-state index in [1.54, 1.807) is 0 Å². The predicted molar refractivity (Wildman–Crippen MR) is 79.0 cm³/mol. The fraction of sp³-hybridized carbons (Fsp3) is 0.667. The molecule has 0 aromatic heterocycles. The molecule has 0 saturated heterocycles. The molecule has 99 valence electrons. The molecular formula is C18H27. The molecule has 0 bridgehead atoms. The minimum Gasteiger partial charge on any atom is -0.0654 e. The average Bonchev–Trinajstić information content (AvgIpc) is 2.45. The maximum atomic E-state index is 3.48. The van der Waals surface area contributed by atoms with Gasteiger partial charge in [-0.1, -0.05) is 63.6 Å². The van der Waals surface area contributed by atoms with E-state index in [9.17, 15) is 0 Å². The fourth-order valence-corrected chi connectivity index (χ4v) is 3.10. The molecule has 0 nitrogen and oxygen atoms in total. The fourth-order valence-electron chi connectivity index (χ4n) is 3.10. The summed E-state index contributed by atoms with van der Waals surface area (Å²) in [5.74, 6) is 0.800. The molecule has 0 unspecified atom stereocenters. The summed E-state index contributed by atoms with van der Waals surface area (Å²) in [4.78, 5) is 0. The van der Waals surface area contributed by atoms with Gasteiger partial charge in [0.1, 0.15) is 0 Å². The van der Waals surface area contributed by atoms with Crippen molar-refractivity contribution in [2.24, 2.45) is 0 Å². The maximum absolute atomic E-state index is 3.48. The van der Waals surface area contributed by atoms with E-state index < -0.39 is 0 Å². The van der Waals surface area contributed by atoms with Gasteiger partial charge in [-0.15, -0.1) is 0 Å². The smallest absolute Gasteiger partial charge is 0.0146 e. The van der Waals surface area contributed by atoms with E-state index in [1.807, 2.05) is 0 Å². The SMILES string of the molecule is CCCCCCc1cc[c]c(C2CCCCC2)c1. The lowest BCUT2D eigenvalue weighted by Gasteiger charge is -2.22. The van der Waals surface area contributed by atoms with Crippen molar-refractivity contribution in [1.82, 2.24) is 0 Å². The molecule has 0 N–H and O–H groups in total. The van der Waals surface area contributed by atoms with Crippen molar-refractivity contribution in [3.8, 4) is 0 Å². The second-order valence-corrected chi connectivity index (χ2v) is 5.80. The van der Waals surface area contributed by atoms with Gasteiger partial charge in [0.2, 0.25) is 0 Å². The number of unbranched alkanes of at least 4 members (excludes halogenated alkanes) is 3. The van der Waals surface area contributed by atoms with Crippen LogP contribution in [-0.2, 0) is 6.42 Å². The van der Waals surface area contributed by atoms with Gasteiger partial charge in [-0.25, -0.2) is 0 Å². The Hall–Kier alpha value is -0.780. The lowest BCUT2D eigenvalue weighted by atomic mass is 9.83.